The second kappa shape index (κ2) is 9.32. The van der Waals surface area contributed by atoms with Crippen LogP contribution in [0.25, 0.3) is 0 Å². The van der Waals surface area contributed by atoms with Crippen LogP contribution < -0.4 is 0 Å². The largest absolute Gasteiger partial charge is 0.465 e. The SMILES string of the molecule is CCOC(=O)C1(S(=O)(=O)c2ccc(Sc3ccccc3)cc2)CCN(S(C)(=O)=O)CC1. The molecule has 0 N–H and O–H groups in total. The summed E-state index contributed by atoms with van der Waals surface area (Å²) < 4.78 is 55.4. The fraction of sp³-hybridized carbons (Fsp3) is 0.381. The van der Waals surface area contributed by atoms with Crippen molar-refractivity contribution in [2.75, 3.05) is 26.0 Å². The number of rotatable bonds is 7. The fourth-order valence-electron chi connectivity index (χ4n) is 3.56. The smallest absolute Gasteiger partial charge is 0.327 e. The van der Waals surface area contributed by atoms with Crippen LogP contribution in [0.3, 0.4) is 0 Å². The number of sulfone groups is 1. The molecular weight excluding hydrogens is 458 g/mol. The summed E-state index contributed by atoms with van der Waals surface area (Å²) in [6, 6.07) is 16.1. The molecule has 0 spiro atoms. The molecule has 0 amide bonds. The van der Waals surface area contributed by atoms with Crippen LogP contribution in [-0.4, -0.2) is 57.8 Å². The van der Waals surface area contributed by atoms with E-state index >= 15 is 0 Å². The molecule has 1 fully saturated rings. The molecule has 3 rings (SSSR count). The molecule has 1 aliphatic rings. The minimum atomic E-state index is -4.11. The lowest BCUT2D eigenvalue weighted by molar-refractivity contribution is -0.147. The minimum Gasteiger partial charge on any atom is -0.465 e. The Hall–Kier alpha value is -1.88. The van der Waals surface area contributed by atoms with E-state index in [-0.39, 0.29) is 37.4 Å². The van der Waals surface area contributed by atoms with Gasteiger partial charge in [0.1, 0.15) is 0 Å². The maximum atomic E-state index is 13.6. The number of ether oxygens (including phenoxy) is 1. The fourth-order valence-corrected chi connectivity index (χ4v) is 7.19. The van der Waals surface area contributed by atoms with Gasteiger partial charge in [-0.25, -0.2) is 21.1 Å². The topological polar surface area (TPSA) is 97.8 Å². The van der Waals surface area contributed by atoms with Gasteiger partial charge in [-0.05, 0) is 56.2 Å². The van der Waals surface area contributed by atoms with Crippen molar-refractivity contribution in [3.8, 4) is 0 Å². The highest BCUT2D eigenvalue weighted by Crippen LogP contribution is 2.38. The van der Waals surface area contributed by atoms with Gasteiger partial charge in [-0.15, -0.1) is 0 Å². The van der Waals surface area contributed by atoms with Crippen molar-refractivity contribution in [3.63, 3.8) is 0 Å². The van der Waals surface area contributed by atoms with Gasteiger partial charge in [0.2, 0.25) is 10.0 Å². The summed E-state index contributed by atoms with van der Waals surface area (Å²) in [6.45, 7) is 1.54. The molecule has 0 aromatic heterocycles. The second-order valence-electron chi connectivity index (χ2n) is 7.27. The number of nitrogens with zero attached hydrogens (tertiary/aromatic N) is 1. The molecule has 2 aromatic rings. The molecule has 1 saturated heterocycles. The number of carbonyl (C=O) groups is 1. The molecule has 0 saturated carbocycles. The molecule has 0 atom stereocenters. The van der Waals surface area contributed by atoms with Crippen LogP contribution in [0.2, 0.25) is 0 Å². The second-order valence-corrected chi connectivity index (χ2v) is 12.7. The van der Waals surface area contributed by atoms with Crippen molar-refractivity contribution in [2.45, 2.75) is 39.2 Å². The monoisotopic (exact) mass is 483 g/mol. The van der Waals surface area contributed by atoms with Crippen molar-refractivity contribution < 1.29 is 26.4 Å². The summed E-state index contributed by atoms with van der Waals surface area (Å²) in [4.78, 5) is 14.7. The zero-order valence-electron chi connectivity index (χ0n) is 17.4. The molecule has 0 bridgehead atoms. The highest BCUT2D eigenvalue weighted by Gasteiger charge is 2.54. The Bertz CT molecular complexity index is 1120. The van der Waals surface area contributed by atoms with Gasteiger partial charge in [0.05, 0.1) is 17.8 Å². The van der Waals surface area contributed by atoms with E-state index in [4.69, 9.17) is 4.74 Å². The van der Waals surface area contributed by atoms with E-state index in [9.17, 15) is 21.6 Å². The lowest BCUT2D eigenvalue weighted by Crippen LogP contribution is -2.55. The number of hydrogen-bond donors (Lipinski definition) is 0. The quantitative estimate of drug-likeness (QED) is 0.559. The van der Waals surface area contributed by atoms with Crippen LogP contribution in [0.4, 0.5) is 0 Å². The third-order valence-corrected chi connectivity index (χ3v) is 10.1. The molecule has 2 aromatic carbocycles. The van der Waals surface area contributed by atoms with E-state index < -0.39 is 30.6 Å². The number of hydrogen-bond acceptors (Lipinski definition) is 7. The summed E-state index contributed by atoms with van der Waals surface area (Å²) in [7, 11) is -7.58. The molecular formula is C21H25NO6S3. The van der Waals surface area contributed by atoms with E-state index in [1.54, 1.807) is 19.1 Å². The van der Waals surface area contributed by atoms with Gasteiger partial charge in [0.25, 0.3) is 0 Å². The van der Waals surface area contributed by atoms with Gasteiger partial charge >= 0.3 is 5.97 Å². The number of esters is 1. The molecule has 1 heterocycles. The number of sulfonamides is 1. The first-order valence-corrected chi connectivity index (χ1v) is 13.9. The minimum absolute atomic E-state index is 0.0192. The van der Waals surface area contributed by atoms with Gasteiger partial charge in [0.15, 0.2) is 14.6 Å². The maximum absolute atomic E-state index is 13.6. The van der Waals surface area contributed by atoms with Crippen LogP contribution in [0, 0.1) is 0 Å². The summed E-state index contributed by atoms with van der Waals surface area (Å²) in [5.74, 6) is -0.828. The molecule has 31 heavy (non-hydrogen) atoms. The summed E-state index contributed by atoms with van der Waals surface area (Å²) in [5.41, 5.74) is 0. The van der Waals surface area contributed by atoms with Crippen molar-refractivity contribution in [3.05, 3.63) is 54.6 Å². The van der Waals surface area contributed by atoms with Gasteiger partial charge in [0, 0.05) is 22.9 Å². The van der Waals surface area contributed by atoms with E-state index in [0.29, 0.717) is 0 Å². The Morgan fingerprint density at radius 3 is 2.03 bits per heavy atom. The van der Waals surface area contributed by atoms with Crippen LogP contribution in [0.5, 0.6) is 0 Å². The van der Waals surface area contributed by atoms with Gasteiger partial charge < -0.3 is 4.74 Å². The van der Waals surface area contributed by atoms with E-state index in [2.05, 4.69) is 0 Å². The standard InChI is InChI=1S/C21H25NO6S3/c1-3-28-20(23)21(13-15-22(16-14-21)30(2,24)25)31(26,27)19-11-9-18(10-12-19)29-17-7-5-4-6-8-17/h4-12H,3,13-16H2,1-2H3. The predicted octanol–water partition coefficient (Wildman–Crippen LogP) is 2.97. The highest BCUT2D eigenvalue weighted by molar-refractivity contribution is 7.99. The molecule has 0 aliphatic carbocycles. The van der Waals surface area contributed by atoms with Gasteiger partial charge in [-0.3, -0.25) is 4.79 Å². The molecule has 168 valence electrons. The predicted molar refractivity (Wildman–Crippen MR) is 119 cm³/mol. The Morgan fingerprint density at radius 1 is 0.968 bits per heavy atom. The van der Waals surface area contributed by atoms with Crippen LogP contribution >= 0.6 is 11.8 Å². The third kappa shape index (κ3) is 4.97. The van der Waals surface area contributed by atoms with Crippen molar-refractivity contribution in [1.82, 2.24) is 4.31 Å². The lowest BCUT2D eigenvalue weighted by atomic mass is 9.97. The molecule has 0 radical (unpaired) electrons. The normalized spacial score (nSPS) is 17.2. The van der Waals surface area contributed by atoms with Gasteiger partial charge in [-0.1, -0.05) is 30.0 Å². The van der Waals surface area contributed by atoms with Crippen LogP contribution in [0.15, 0.2) is 69.3 Å². The first kappa shape index (κ1) is 23.8. The highest BCUT2D eigenvalue weighted by atomic mass is 32.2. The summed E-state index contributed by atoms with van der Waals surface area (Å²) >= 11 is 1.50. The number of piperidine rings is 1. The maximum Gasteiger partial charge on any atom is 0.327 e. The van der Waals surface area contributed by atoms with E-state index in [0.717, 1.165) is 16.0 Å². The Labute approximate surface area is 187 Å². The first-order valence-electron chi connectivity index (χ1n) is 9.80. The Balaban J connectivity index is 1.91. The lowest BCUT2D eigenvalue weighted by Gasteiger charge is -2.38. The molecule has 10 heteroatoms. The Morgan fingerprint density at radius 2 is 1.52 bits per heavy atom. The van der Waals surface area contributed by atoms with E-state index in [1.807, 2.05) is 30.3 Å². The average molecular weight is 484 g/mol. The number of benzene rings is 2. The molecule has 1 aliphatic heterocycles. The van der Waals surface area contributed by atoms with Crippen molar-refractivity contribution in [1.29, 1.82) is 0 Å². The van der Waals surface area contributed by atoms with Crippen molar-refractivity contribution in [2.24, 2.45) is 0 Å². The van der Waals surface area contributed by atoms with Crippen molar-refractivity contribution >= 4 is 37.6 Å². The van der Waals surface area contributed by atoms with Crippen LogP contribution in [-0.2, 0) is 29.4 Å². The Kier molecular flexibility index (Phi) is 7.14. The third-order valence-electron chi connectivity index (χ3n) is 5.27. The zero-order valence-corrected chi connectivity index (χ0v) is 19.8. The zero-order chi connectivity index (χ0) is 22.7. The van der Waals surface area contributed by atoms with Gasteiger partial charge in [-0.2, -0.15) is 0 Å². The van der Waals surface area contributed by atoms with E-state index in [1.165, 1.54) is 28.2 Å². The summed E-state index contributed by atoms with van der Waals surface area (Å²) in [5, 5.41) is 0. The molecule has 0 unspecified atom stereocenters. The summed E-state index contributed by atoms with van der Waals surface area (Å²) in [6.07, 6.45) is 0.769. The first-order chi connectivity index (χ1) is 14.6. The van der Waals surface area contributed by atoms with Crippen LogP contribution in [0.1, 0.15) is 19.8 Å². The molecule has 7 nitrogen and oxygen atoms in total. The average Bonchev–Trinajstić information content (AvgIpc) is 2.74. The number of carbonyl (C=O) groups excluding carboxylic acids is 1.